The molecular formula is C17H26N2O. The summed E-state index contributed by atoms with van der Waals surface area (Å²) < 4.78 is 0. The van der Waals surface area contributed by atoms with Crippen LogP contribution in [0.15, 0.2) is 18.2 Å². The van der Waals surface area contributed by atoms with Gasteiger partial charge in [-0.2, -0.15) is 0 Å². The predicted octanol–water partition coefficient (Wildman–Crippen LogP) is 2.69. The third kappa shape index (κ3) is 3.33. The minimum atomic E-state index is -0.0448. The largest absolute Gasteiger partial charge is 0.393 e. The molecule has 0 unspecified atom stereocenters. The van der Waals surface area contributed by atoms with Crippen LogP contribution in [-0.2, 0) is 13.0 Å². The minimum Gasteiger partial charge on any atom is -0.393 e. The summed E-state index contributed by atoms with van der Waals surface area (Å²) >= 11 is 0. The Bertz CT molecular complexity index is 439. The van der Waals surface area contributed by atoms with Crippen LogP contribution in [0.2, 0.25) is 0 Å². The lowest BCUT2D eigenvalue weighted by Crippen LogP contribution is -2.28. The summed E-state index contributed by atoms with van der Waals surface area (Å²) in [5.74, 6) is 0.742. The zero-order valence-electron chi connectivity index (χ0n) is 12.2. The van der Waals surface area contributed by atoms with Crippen LogP contribution in [0.5, 0.6) is 0 Å². The average Bonchev–Trinajstić information content (AvgIpc) is 2.49. The van der Waals surface area contributed by atoms with Crippen LogP contribution in [0.3, 0.4) is 0 Å². The number of hydrogen-bond donors (Lipinski definition) is 3. The van der Waals surface area contributed by atoms with E-state index < -0.39 is 0 Å². The van der Waals surface area contributed by atoms with Crippen molar-refractivity contribution < 1.29 is 5.11 Å². The molecule has 0 bridgehead atoms. The lowest BCUT2D eigenvalue weighted by molar-refractivity contribution is 0.108. The van der Waals surface area contributed by atoms with Crippen molar-refractivity contribution in [2.75, 3.05) is 18.4 Å². The van der Waals surface area contributed by atoms with Gasteiger partial charge in [-0.25, -0.2) is 0 Å². The smallest absolute Gasteiger partial charge is 0.0540 e. The fourth-order valence-electron chi connectivity index (χ4n) is 3.49. The normalized spacial score (nSPS) is 25.9. The number of rotatable bonds is 4. The Morgan fingerprint density at radius 3 is 2.90 bits per heavy atom. The summed E-state index contributed by atoms with van der Waals surface area (Å²) in [6.45, 7) is 3.14. The molecule has 2 aliphatic rings. The van der Waals surface area contributed by atoms with E-state index in [-0.39, 0.29) is 6.10 Å². The zero-order valence-corrected chi connectivity index (χ0v) is 12.2. The van der Waals surface area contributed by atoms with Crippen LogP contribution in [0.4, 0.5) is 5.69 Å². The van der Waals surface area contributed by atoms with Crippen LogP contribution < -0.4 is 10.6 Å². The van der Waals surface area contributed by atoms with Gasteiger partial charge in [0.25, 0.3) is 0 Å². The molecule has 0 radical (unpaired) electrons. The Labute approximate surface area is 121 Å². The Morgan fingerprint density at radius 1 is 1.20 bits per heavy atom. The van der Waals surface area contributed by atoms with Gasteiger partial charge in [0.15, 0.2) is 0 Å². The molecule has 1 aromatic rings. The Morgan fingerprint density at radius 2 is 2.05 bits per heavy atom. The SMILES string of the molecule is OC1CCC(CNCc2cccc3c2NCCC3)CC1. The van der Waals surface area contributed by atoms with Gasteiger partial charge in [-0.1, -0.05) is 18.2 Å². The summed E-state index contributed by atoms with van der Waals surface area (Å²) in [7, 11) is 0. The third-order valence-electron chi connectivity index (χ3n) is 4.73. The van der Waals surface area contributed by atoms with Crippen LogP contribution >= 0.6 is 0 Å². The topological polar surface area (TPSA) is 44.3 Å². The number of fused-ring (bicyclic) bond motifs is 1. The van der Waals surface area contributed by atoms with Crippen LogP contribution in [0.1, 0.15) is 43.2 Å². The minimum absolute atomic E-state index is 0.0448. The van der Waals surface area contributed by atoms with E-state index in [4.69, 9.17) is 0 Å². The number of aliphatic hydroxyl groups excluding tert-OH is 1. The highest BCUT2D eigenvalue weighted by Crippen LogP contribution is 2.26. The zero-order chi connectivity index (χ0) is 13.8. The van der Waals surface area contributed by atoms with E-state index in [1.54, 1.807) is 0 Å². The first-order valence-corrected chi connectivity index (χ1v) is 8.06. The fraction of sp³-hybridized carbons (Fsp3) is 0.647. The Kier molecular flexibility index (Phi) is 4.58. The first kappa shape index (κ1) is 13.9. The summed E-state index contributed by atoms with van der Waals surface area (Å²) in [4.78, 5) is 0. The second-order valence-corrected chi connectivity index (χ2v) is 6.29. The van der Waals surface area contributed by atoms with Crippen molar-refractivity contribution in [3.63, 3.8) is 0 Å². The van der Waals surface area contributed by atoms with Crippen molar-refractivity contribution in [3.05, 3.63) is 29.3 Å². The van der Waals surface area contributed by atoms with E-state index in [0.717, 1.165) is 38.4 Å². The standard InChI is InChI=1S/C17H26N2O/c20-16-8-6-13(7-9-16)11-18-12-15-4-1-3-14-5-2-10-19-17(14)15/h1,3-4,13,16,18-20H,2,5-12H2. The molecule has 0 aromatic heterocycles. The van der Waals surface area contributed by atoms with Gasteiger partial charge in [0.05, 0.1) is 6.10 Å². The number of aryl methyl sites for hydroxylation is 1. The third-order valence-corrected chi connectivity index (χ3v) is 4.73. The maximum absolute atomic E-state index is 9.53. The second-order valence-electron chi connectivity index (χ2n) is 6.29. The molecule has 1 saturated carbocycles. The van der Waals surface area contributed by atoms with Crippen molar-refractivity contribution in [1.29, 1.82) is 0 Å². The summed E-state index contributed by atoms with van der Waals surface area (Å²) in [5.41, 5.74) is 4.24. The molecule has 1 fully saturated rings. The van der Waals surface area contributed by atoms with Crippen molar-refractivity contribution in [3.8, 4) is 0 Å². The predicted molar refractivity (Wildman–Crippen MR) is 82.9 cm³/mol. The van der Waals surface area contributed by atoms with E-state index in [2.05, 4.69) is 28.8 Å². The summed E-state index contributed by atoms with van der Waals surface area (Å²) in [5, 5.41) is 16.7. The van der Waals surface area contributed by atoms with E-state index in [1.807, 2.05) is 0 Å². The summed E-state index contributed by atoms with van der Waals surface area (Å²) in [6.07, 6.45) is 6.70. The molecule has 20 heavy (non-hydrogen) atoms. The van der Waals surface area contributed by atoms with Gasteiger partial charge in [-0.05, 0) is 62.1 Å². The highest BCUT2D eigenvalue weighted by atomic mass is 16.3. The highest BCUT2D eigenvalue weighted by Gasteiger charge is 2.19. The Balaban J connectivity index is 1.51. The molecular weight excluding hydrogens is 248 g/mol. The van der Waals surface area contributed by atoms with Crippen molar-refractivity contribution in [1.82, 2.24) is 5.32 Å². The number of nitrogens with one attached hydrogen (secondary N) is 2. The van der Waals surface area contributed by atoms with Gasteiger partial charge in [-0.15, -0.1) is 0 Å². The van der Waals surface area contributed by atoms with Gasteiger partial charge >= 0.3 is 0 Å². The van der Waals surface area contributed by atoms with Gasteiger partial charge in [0, 0.05) is 18.8 Å². The first-order valence-electron chi connectivity index (χ1n) is 8.06. The van der Waals surface area contributed by atoms with Gasteiger partial charge in [0.1, 0.15) is 0 Å². The second kappa shape index (κ2) is 6.59. The lowest BCUT2D eigenvalue weighted by atomic mass is 9.87. The van der Waals surface area contributed by atoms with Crippen LogP contribution in [0, 0.1) is 5.92 Å². The molecule has 1 heterocycles. The molecule has 1 aliphatic heterocycles. The number of anilines is 1. The molecule has 1 aromatic carbocycles. The van der Waals surface area contributed by atoms with E-state index in [9.17, 15) is 5.11 Å². The van der Waals surface area contributed by atoms with Gasteiger partial charge in [0.2, 0.25) is 0 Å². The van der Waals surface area contributed by atoms with E-state index in [0.29, 0.717) is 0 Å². The van der Waals surface area contributed by atoms with E-state index in [1.165, 1.54) is 42.5 Å². The quantitative estimate of drug-likeness (QED) is 0.791. The van der Waals surface area contributed by atoms with Crippen LogP contribution in [0.25, 0.3) is 0 Å². The van der Waals surface area contributed by atoms with Crippen molar-refractivity contribution in [2.45, 2.75) is 51.2 Å². The van der Waals surface area contributed by atoms with Gasteiger partial charge < -0.3 is 15.7 Å². The van der Waals surface area contributed by atoms with E-state index >= 15 is 0 Å². The number of aliphatic hydroxyl groups is 1. The number of hydrogen-bond acceptors (Lipinski definition) is 3. The monoisotopic (exact) mass is 274 g/mol. The molecule has 1 aliphatic carbocycles. The van der Waals surface area contributed by atoms with Gasteiger partial charge in [-0.3, -0.25) is 0 Å². The maximum Gasteiger partial charge on any atom is 0.0540 e. The molecule has 0 atom stereocenters. The van der Waals surface area contributed by atoms with Crippen LogP contribution in [-0.4, -0.2) is 24.3 Å². The maximum atomic E-state index is 9.53. The van der Waals surface area contributed by atoms with Crippen molar-refractivity contribution >= 4 is 5.69 Å². The molecule has 3 heteroatoms. The van der Waals surface area contributed by atoms with Crippen molar-refractivity contribution in [2.24, 2.45) is 5.92 Å². The first-order chi connectivity index (χ1) is 9.83. The molecule has 0 spiro atoms. The Hall–Kier alpha value is -1.06. The highest BCUT2D eigenvalue weighted by molar-refractivity contribution is 5.59. The molecule has 110 valence electrons. The molecule has 3 N–H and O–H groups in total. The average molecular weight is 274 g/mol. The molecule has 3 nitrogen and oxygen atoms in total. The molecule has 0 saturated heterocycles. The number of para-hydroxylation sites is 1. The molecule has 3 rings (SSSR count). The number of benzene rings is 1. The molecule has 0 amide bonds. The fourth-order valence-corrected chi connectivity index (χ4v) is 3.49. The lowest BCUT2D eigenvalue weighted by Gasteiger charge is -2.26. The summed E-state index contributed by atoms with van der Waals surface area (Å²) in [6, 6.07) is 6.65.